The maximum absolute atomic E-state index is 13.9. The van der Waals surface area contributed by atoms with Crippen molar-refractivity contribution in [3.05, 3.63) is 79.0 Å². The largest absolute Gasteiger partial charge is 0.337 e. The first kappa shape index (κ1) is 23.5. The molecule has 0 bridgehead atoms. The molecule has 1 amide bonds. The van der Waals surface area contributed by atoms with Gasteiger partial charge in [0.2, 0.25) is 5.91 Å². The number of pyridine rings is 2. The number of aromatic nitrogens is 6. The number of imidazole rings is 1. The maximum atomic E-state index is 13.9. The Hall–Kier alpha value is -4.92. The minimum atomic E-state index is -0.298. The molecule has 0 aliphatic rings. The zero-order chi connectivity index (χ0) is 26.1. The van der Waals surface area contributed by atoms with Gasteiger partial charge in [0.05, 0.1) is 40.3 Å². The average Bonchev–Trinajstić information content (AvgIpc) is 3.55. The first-order valence-electron chi connectivity index (χ1n) is 12.4. The monoisotopic (exact) mass is 505 g/mol. The maximum Gasteiger partial charge on any atom is 0.224 e. The van der Waals surface area contributed by atoms with Crippen LogP contribution in [0.25, 0.3) is 55.8 Å². The van der Waals surface area contributed by atoms with E-state index in [4.69, 9.17) is 4.98 Å². The molecule has 0 saturated carbocycles. The van der Waals surface area contributed by atoms with Gasteiger partial charge in [-0.3, -0.25) is 19.9 Å². The predicted molar refractivity (Wildman–Crippen MR) is 146 cm³/mol. The SMILES string of the molecule is CCCCC(=O)Nc1cncc(-c2cc3c(-c4nc5c(-c6cccc(F)c6)cccc5[nH]4)n[nH]c3cn2)c1. The summed E-state index contributed by atoms with van der Waals surface area (Å²) in [5, 5.41) is 11.3. The second-order valence-corrected chi connectivity index (χ2v) is 9.10. The number of benzene rings is 2. The van der Waals surface area contributed by atoms with Crippen LogP contribution < -0.4 is 5.32 Å². The number of halogens is 1. The second-order valence-electron chi connectivity index (χ2n) is 9.10. The lowest BCUT2D eigenvalue weighted by Crippen LogP contribution is -2.11. The average molecular weight is 506 g/mol. The molecule has 0 spiro atoms. The Morgan fingerprint density at radius 1 is 1.00 bits per heavy atom. The fourth-order valence-corrected chi connectivity index (χ4v) is 4.50. The van der Waals surface area contributed by atoms with Gasteiger partial charge in [-0.2, -0.15) is 5.10 Å². The van der Waals surface area contributed by atoms with Crippen molar-refractivity contribution in [1.82, 2.24) is 30.1 Å². The van der Waals surface area contributed by atoms with E-state index in [1.165, 1.54) is 12.1 Å². The molecule has 0 unspecified atom stereocenters. The first-order valence-corrected chi connectivity index (χ1v) is 12.4. The van der Waals surface area contributed by atoms with Gasteiger partial charge in [0.25, 0.3) is 0 Å². The Kier molecular flexibility index (Phi) is 6.09. The molecule has 4 heterocycles. The highest BCUT2D eigenvalue weighted by Crippen LogP contribution is 2.33. The molecule has 0 fully saturated rings. The van der Waals surface area contributed by atoms with Crippen molar-refractivity contribution in [3.63, 3.8) is 0 Å². The number of aromatic amines is 2. The summed E-state index contributed by atoms with van der Waals surface area (Å²) in [7, 11) is 0. The smallest absolute Gasteiger partial charge is 0.224 e. The first-order chi connectivity index (χ1) is 18.6. The molecule has 4 aromatic heterocycles. The topological polar surface area (TPSA) is 112 Å². The van der Waals surface area contributed by atoms with Crippen LogP contribution >= 0.6 is 0 Å². The lowest BCUT2D eigenvalue weighted by Gasteiger charge is -2.07. The summed E-state index contributed by atoms with van der Waals surface area (Å²) in [5.41, 5.74) is 6.61. The predicted octanol–water partition coefficient (Wildman–Crippen LogP) is 6.50. The number of amides is 1. The van der Waals surface area contributed by atoms with Gasteiger partial charge in [-0.05, 0) is 42.3 Å². The molecule has 38 heavy (non-hydrogen) atoms. The van der Waals surface area contributed by atoms with Crippen molar-refractivity contribution >= 4 is 33.5 Å². The second kappa shape index (κ2) is 9.85. The van der Waals surface area contributed by atoms with Crippen LogP contribution in [0.3, 0.4) is 0 Å². The van der Waals surface area contributed by atoms with E-state index in [0.29, 0.717) is 29.3 Å². The third-order valence-electron chi connectivity index (χ3n) is 6.40. The number of hydrogen-bond donors (Lipinski definition) is 3. The van der Waals surface area contributed by atoms with Gasteiger partial charge in [0.15, 0.2) is 5.82 Å². The van der Waals surface area contributed by atoms with Crippen LogP contribution in [-0.2, 0) is 4.79 Å². The summed E-state index contributed by atoms with van der Waals surface area (Å²) in [5.74, 6) is 0.254. The number of rotatable bonds is 7. The van der Waals surface area contributed by atoms with Gasteiger partial charge in [0.1, 0.15) is 11.5 Å². The van der Waals surface area contributed by atoms with E-state index in [2.05, 4.69) is 37.4 Å². The number of nitrogens with one attached hydrogen (secondary N) is 3. The van der Waals surface area contributed by atoms with Gasteiger partial charge < -0.3 is 10.3 Å². The molecule has 6 rings (SSSR count). The van der Waals surface area contributed by atoms with E-state index in [0.717, 1.165) is 51.5 Å². The Balaban J connectivity index is 1.37. The molecule has 0 aliphatic heterocycles. The Labute approximate surface area is 217 Å². The van der Waals surface area contributed by atoms with Crippen LogP contribution in [0.1, 0.15) is 26.2 Å². The zero-order valence-corrected chi connectivity index (χ0v) is 20.6. The molecule has 8 nitrogen and oxygen atoms in total. The van der Waals surface area contributed by atoms with Crippen LogP contribution in [0.4, 0.5) is 10.1 Å². The molecule has 3 N–H and O–H groups in total. The third kappa shape index (κ3) is 4.50. The fraction of sp³-hybridized carbons (Fsp3) is 0.138. The fourth-order valence-electron chi connectivity index (χ4n) is 4.50. The van der Waals surface area contributed by atoms with Gasteiger partial charge in [-0.1, -0.05) is 37.6 Å². The summed E-state index contributed by atoms with van der Waals surface area (Å²) >= 11 is 0. The highest BCUT2D eigenvalue weighted by Gasteiger charge is 2.17. The molecule has 188 valence electrons. The van der Waals surface area contributed by atoms with E-state index in [1.54, 1.807) is 24.7 Å². The number of H-pyrrole nitrogens is 2. The molecule has 9 heteroatoms. The van der Waals surface area contributed by atoms with E-state index in [-0.39, 0.29) is 11.7 Å². The molecule has 6 aromatic rings. The van der Waals surface area contributed by atoms with Crippen molar-refractivity contribution in [2.75, 3.05) is 5.32 Å². The number of hydrogen-bond acceptors (Lipinski definition) is 5. The highest BCUT2D eigenvalue weighted by atomic mass is 19.1. The van der Waals surface area contributed by atoms with Gasteiger partial charge in [-0.25, -0.2) is 9.37 Å². The molecule has 0 aliphatic carbocycles. The number of anilines is 1. The molecule has 2 aromatic carbocycles. The van der Waals surface area contributed by atoms with Crippen LogP contribution in [-0.4, -0.2) is 36.0 Å². The van der Waals surface area contributed by atoms with E-state index < -0.39 is 0 Å². The van der Waals surface area contributed by atoms with Crippen LogP contribution in [0, 0.1) is 5.82 Å². The van der Waals surface area contributed by atoms with Crippen LogP contribution in [0.15, 0.2) is 73.2 Å². The number of carbonyl (C=O) groups excluding carboxylic acids is 1. The van der Waals surface area contributed by atoms with Crippen molar-refractivity contribution < 1.29 is 9.18 Å². The number of unbranched alkanes of at least 4 members (excludes halogenated alkanes) is 1. The number of carbonyl (C=O) groups is 1. The van der Waals surface area contributed by atoms with Gasteiger partial charge in [-0.15, -0.1) is 0 Å². The van der Waals surface area contributed by atoms with E-state index in [9.17, 15) is 9.18 Å². The number of fused-ring (bicyclic) bond motifs is 2. The number of nitrogens with zero attached hydrogens (tertiary/aromatic N) is 4. The quantitative estimate of drug-likeness (QED) is 0.229. The van der Waals surface area contributed by atoms with Crippen molar-refractivity contribution in [1.29, 1.82) is 0 Å². The minimum absolute atomic E-state index is 0.0335. The number of para-hydroxylation sites is 1. The molecular formula is C29H24FN7O. The Morgan fingerprint density at radius 2 is 1.89 bits per heavy atom. The summed E-state index contributed by atoms with van der Waals surface area (Å²) in [6.45, 7) is 2.05. The Bertz CT molecular complexity index is 1790. The van der Waals surface area contributed by atoms with Gasteiger partial charge in [0, 0.05) is 29.1 Å². The molecule has 0 radical (unpaired) electrons. The lowest BCUT2D eigenvalue weighted by atomic mass is 10.0. The van der Waals surface area contributed by atoms with E-state index in [1.807, 2.05) is 36.4 Å². The zero-order valence-electron chi connectivity index (χ0n) is 20.6. The van der Waals surface area contributed by atoms with E-state index >= 15 is 0 Å². The summed E-state index contributed by atoms with van der Waals surface area (Å²) in [6, 6.07) is 16.0. The standard InChI is InChI=1S/C29H24FN7O/c1-2-3-10-26(38)33-20-12-18(14-31-15-20)24-13-22-25(16-32-24)36-37-28(22)29-34-23-9-5-8-21(27(23)35-29)17-6-4-7-19(30)11-17/h4-9,11-16H,2-3,10H2,1H3,(H,33,38)(H,34,35)(H,36,37). The Morgan fingerprint density at radius 3 is 2.76 bits per heavy atom. The van der Waals surface area contributed by atoms with Gasteiger partial charge >= 0.3 is 0 Å². The minimum Gasteiger partial charge on any atom is -0.337 e. The van der Waals surface area contributed by atoms with Crippen LogP contribution in [0.5, 0.6) is 0 Å². The lowest BCUT2D eigenvalue weighted by molar-refractivity contribution is -0.116. The molecule has 0 saturated heterocycles. The molecule has 0 atom stereocenters. The third-order valence-corrected chi connectivity index (χ3v) is 6.40. The summed E-state index contributed by atoms with van der Waals surface area (Å²) in [6.07, 6.45) is 7.32. The normalized spacial score (nSPS) is 11.3. The highest BCUT2D eigenvalue weighted by molar-refractivity contribution is 5.98. The van der Waals surface area contributed by atoms with Crippen molar-refractivity contribution in [3.8, 4) is 33.9 Å². The van der Waals surface area contributed by atoms with Crippen molar-refractivity contribution in [2.45, 2.75) is 26.2 Å². The van der Waals surface area contributed by atoms with Crippen molar-refractivity contribution in [2.24, 2.45) is 0 Å². The molecular weight excluding hydrogens is 481 g/mol. The summed E-state index contributed by atoms with van der Waals surface area (Å²) < 4.78 is 13.9. The van der Waals surface area contributed by atoms with Crippen LogP contribution in [0.2, 0.25) is 0 Å². The summed E-state index contributed by atoms with van der Waals surface area (Å²) in [4.78, 5) is 29.2.